The number of nitrogens with zero attached hydrogens (tertiary/aromatic N) is 2. The number of nitrogens with one attached hydrogen (secondary N) is 1. The van der Waals surface area contributed by atoms with Crippen LogP contribution < -0.4 is 5.32 Å². The molecule has 1 heterocycles. The summed E-state index contributed by atoms with van der Waals surface area (Å²) in [5.74, 6) is 0. The molecular formula is C11H23N3. The Morgan fingerprint density at radius 1 is 1.29 bits per heavy atom. The van der Waals surface area contributed by atoms with Crippen LogP contribution in [0.2, 0.25) is 0 Å². The van der Waals surface area contributed by atoms with E-state index in [4.69, 9.17) is 0 Å². The molecule has 1 saturated heterocycles. The van der Waals surface area contributed by atoms with Crippen LogP contribution in [-0.4, -0.2) is 61.7 Å². The molecule has 14 heavy (non-hydrogen) atoms. The molecule has 1 aliphatic carbocycles. The molecule has 2 rings (SSSR count). The summed E-state index contributed by atoms with van der Waals surface area (Å²) in [5, 5.41) is 3.32. The highest BCUT2D eigenvalue weighted by Gasteiger charge is 2.38. The van der Waals surface area contributed by atoms with Crippen LogP contribution in [0, 0.1) is 0 Å². The van der Waals surface area contributed by atoms with Crippen molar-refractivity contribution in [3.63, 3.8) is 0 Å². The lowest BCUT2D eigenvalue weighted by atomic mass is 10.1. The van der Waals surface area contributed by atoms with E-state index in [9.17, 15) is 0 Å². The van der Waals surface area contributed by atoms with Gasteiger partial charge >= 0.3 is 0 Å². The van der Waals surface area contributed by atoms with Gasteiger partial charge in [0.25, 0.3) is 0 Å². The van der Waals surface area contributed by atoms with Crippen LogP contribution >= 0.6 is 0 Å². The Morgan fingerprint density at radius 2 is 2.00 bits per heavy atom. The van der Waals surface area contributed by atoms with Gasteiger partial charge in [0, 0.05) is 37.8 Å². The number of hydrogen-bond donors (Lipinski definition) is 1. The molecule has 3 heteroatoms. The fourth-order valence-electron chi connectivity index (χ4n) is 2.48. The van der Waals surface area contributed by atoms with Crippen LogP contribution in [0.15, 0.2) is 0 Å². The van der Waals surface area contributed by atoms with Crippen LogP contribution in [0.3, 0.4) is 0 Å². The summed E-state index contributed by atoms with van der Waals surface area (Å²) in [6.07, 6.45) is 2.85. The van der Waals surface area contributed by atoms with Crippen molar-refractivity contribution < 1.29 is 0 Å². The summed E-state index contributed by atoms with van der Waals surface area (Å²) in [7, 11) is 4.31. The minimum absolute atomic E-state index is 0.726. The van der Waals surface area contributed by atoms with Gasteiger partial charge in [-0.05, 0) is 33.9 Å². The van der Waals surface area contributed by atoms with Gasteiger partial charge in [0.2, 0.25) is 0 Å². The molecule has 1 saturated carbocycles. The van der Waals surface area contributed by atoms with Crippen molar-refractivity contribution in [3.8, 4) is 0 Å². The topological polar surface area (TPSA) is 18.5 Å². The summed E-state index contributed by atoms with van der Waals surface area (Å²) < 4.78 is 0. The molecule has 2 unspecified atom stereocenters. The minimum atomic E-state index is 0.726. The van der Waals surface area contributed by atoms with Crippen molar-refractivity contribution in [2.24, 2.45) is 0 Å². The smallest absolute Gasteiger partial charge is 0.0351 e. The molecule has 2 aliphatic rings. The van der Waals surface area contributed by atoms with Gasteiger partial charge in [-0.3, -0.25) is 4.90 Å². The molecule has 2 fully saturated rings. The van der Waals surface area contributed by atoms with Gasteiger partial charge in [0.05, 0.1) is 0 Å². The summed E-state index contributed by atoms with van der Waals surface area (Å²) in [4.78, 5) is 5.21. The third kappa shape index (κ3) is 2.10. The Kier molecular flexibility index (Phi) is 3.10. The van der Waals surface area contributed by atoms with Crippen LogP contribution in [-0.2, 0) is 0 Å². The van der Waals surface area contributed by atoms with E-state index in [-0.39, 0.29) is 0 Å². The SMILES string of the molecule is CNCC1CN(C)C(C)CN1C1CC1. The third-order valence-electron chi connectivity index (χ3n) is 3.65. The van der Waals surface area contributed by atoms with E-state index < -0.39 is 0 Å². The molecule has 2 atom stereocenters. The molecular weight excluding hydrogens is 174 g/mol. The van der Waals surface area contributed by atoms with Gasteiger partial charge in [0.15, 0.2) is 0 Å². The van der Waals surface area contributed by atoms with E-state index in [0.29, 0.717) is 0 Å². The number of likely N-dealkylation sites (N-methyl/N-ethyl adjacent to an activating group) is 2. The second-order valence-corrected chi connectivity index (χ2v) is 4.93. The highest BCUT2D eigenvalue weighted by atomic mass is 15.3. The molecule has 1 aliphatic heterocycles. The number of rotatable bonds is 3. The molecule has 0 aromatic heterocycles. The lowest BCUT2D eigenvalue weighted by molar-refractivity contribution is 0.0465. The van der Waals surface area contributed by atoms with Gasteiger partial charge in [0.1, 0.15) is 0 Å². The largest absolute Gasteiger partial charge is 0.318 e. The van der Waals surface area contributed by atoms with Crippen LogP contribution in [0.1, 0.15) is 19.8 Å². The van der Waals surface area contributed by atoms with Crippen LogP contribution in [0.25, 0.3) is 0 Å². The maximum atomic E-state index is 3.32. The second-order valence-electron chi connectivity index (χ2n) is 4.93. The summed E-state index contributed by atoms with van der Waals surface area (Å²) in [6, 6.07) is 2.36. The van der Waals surface area contributed by atoms with E-state index in [1.807, 2.05) is 0 Å². The summed E-state index contributed by atoms with van der Waals surface area (Å²) in [5.41, 5.74) is 0. The predicted molar refractivity (Wildman–Crippen MR) is 59.5 cm³/mol. The average Bonchev–Trinajstić information content (AvgIpc) is 2.94. The fourth-order valence-corrected chi connectivity index (χ4v) is 2.48. The maximum absolute atomic E-state index is 3.32. The van der Waals surface area contributed by atoms with E-state index in [2.05, 4.69) is 36.1 Å². The summed E-state index contributed by atoms with van der Waals surface area (Å²) in [6.45, 7) is 5.95. The van der Waals surface area contributed by atoms with E-state index in [1.165, 1.54) is 25.9 Å². The summed E-state index contributed by atoms with van der Waals surface area (Å²) >= 11 is 0. The lowest BCUT2D eigenvalue weighted by Gasteiger charge is -2.44. The van der Waals surface area contributed by atoms with Crippen LogP contribution in [0.5, 0.6) is 0 Å². The maximum Gasteiger partial charge on any atom is 0.0351 e. The monoisotopic (exact) mass is 197 g/mol. The van der Waals surface area contributed by atoms with Gasteiger partial charge in [-0.1, -0.05) is 0 Å². The van der Waals surface area contributed by atoms with Crippen LogP contribution in [0.4, 0.5) is 0 Å². The number of hydrogen-bond acceptors (Lipinski definition) is 3. The van der Waals surface area contributed by atoms with Crippen molar-refractivity contribution >= 4 is 0 Å². The molecule has 0 aromatic carbocycles. The quantitative estimate of drug-likeness (QED) is 0.705. The Balaban J connectivity index is 1.96. The van der Waals surface area contributed by atoms with Gasteiger partial charge in [-0.2, -0.15) is 0 Å². The Bertz CT molecular complexity index is 191. The second kappa shape index (κ2) is 4.17. The Hall–Kier alpha value is -0.120. The molecule has 0 amide bonds. The zero-order valence-electron chi connectivity index (χ0n) is 9.66. The standard InChI is InChI=1S/C11H23N3/c1-9-7-14(10-4-5-10)11(6-12-2)8-13(9)3/h9-12H,4-8H2,1-3H3. The number of piperazine rings is 1. The Labute approximate surface area is 87.4 Å². The first-order valence-electron chi connectivity index (χ1n) is 5.83. The normalized spacial score (nSPS) is 36.2. The van der Waals surface area contributed by atoms with Gasteiger partial charge < -0.3 is 10.2 Å². The average molecular weight is 197 g/mol. The molecule has 82 valence electrons. The first-order chi connectivity index (χ1) is 6.72. The van der Waals surface area contributed by atoms with E-state index >= 15 is 0 Å². The molecule has 0 bridgehead atoms. The van der Waals surface area contributed by atoms with Gasteiger partial charge in [-0.25, -0.2) is 0 Å². The fraction of sp³-hybridized carbons (Fsp3) is 1.00. The highest BCUT2D eigenvalue weighted by molar-refractivity contribution is 4.95. The zero-order chi connectivity index (χ0) is 10.1. The molecule has 0 radical (unpaired) electrons. The van der Waals surface area contributed by atoms with Gasteiger partial charge in [-0.15, -0.1) is 0 Å². The van der Waals surface area contributed by atoms with Crippen molar-refractivity contribution in [2.45, 2.75) is 37.9 Å². The van der Waals surface area contributed by atoms with Crippen molar-refractivity contribution in [2.75, 3.05) is 33.7 Å². The van der Waals surface area contributed by atoms with E-state index in [0.717, 1.165) is 24.7 Å². The molecule has 0 aromatic rings. The van der Waals surface area contributed by atoms with Crippen molar-refractivity contribution in [1.82, 2.24) is 15.1 Å². The zero-order valence-corrected chi connectivity index (χ0v) is 9.66. The van der Waals surface area contributed by atoms with E-state index in [1.54, 1.807) is 0 Å². The molecule has 3 nitrogen and oxygen atoms in total. The Morgan fingerprint density at radius 3 is 2.57 bits per heavy atom. The minimum Gasteiger partial charge on any atom is -0.318 e. The first-order valence-corrected chi connectivity index (χ1v) is 5.83. The predicted octanol–water partition coefficient (Wildman–Crippen LogP) is 0.373. The molecule has 0 spiro atoms. The first kappa shape index (κ1) is 10.4. The molecule has 1 N–H and O–H groups in total. The highest BCUT2D eigenvalue weighted by Crippen LogP contribution is 2.31. The van der Waals surface area contributed by atoms with Crippen molar-refractivity contribution in [3.05, 3.63) is 0 Å². The third-order valence-corrected chi connectivity index (χ3v) is 3.65. The van der Waals surface area contributed by atoms with Crippen molar-refractivity contribution in [1.29, 1.82) is 0 Å². The lowest BCUT2D eigenvalue weighted by Crippen LogP contribution is -2.59.